The zero-order valence-corrected chi connectivity index (χ0v) is 17.6. The van der Waals surface area contributed by atoms with Crippen LogP contribution < -0.4 is 5.32 Å². The van der Waals surface area contributed by atoms with Crippen molar-refractivity contribution >= 4 is 38.0 Å². The lowest BCUT2D eigenvalue weighted by atomic mass is 10.1. The van der Waals surface area contributed by atoms with Crippen molar-refractivity contribution in [2.24, 2.45) is 0 Å². The van der Waals surface area contributed by atoms with Crippen LogP contribution >= 0.6 is 11.6 Å². The van der Waals surface area contributed by atoms with Crippen LogP contribution in [0.5, 0.6) is 0 Å². The molecule has 3 aromatic carbocycles. The normalized spacial score (nSPS) is 11.6. The van der Waals surface area contributed by atoms with Gasteiger partial charge in [0.15, 0.2) is 0 Å². The van der Waals surface area contributed by atoms with E-state index in [1.807, 2.05) is 25.1 Å². The fraction of sp³-hybridized carbons (Fsp3) is 0.0870. The van der Waals surface area contributed by atoms with Crippen molar-refractivity contribution in [3.63, 3.8) is 0 Å². The highest BCUT2D eigenvalue weighted by Crippen LogP contribution is 2.34. The molecule has 0 spiro atoms. The number of rotatable bonds is 5. The first-order valence-electron chi connectivity index (χ1n) is 9.23. The summed E-state index contributed by atoms with van der Waals surface area (Å²) in [5, 5.41) is 4.39. The number of benzene rings is 3. The van der Waals surface area contributed by atoms with Crippen LogP contribution in [0.2, 0.25) is 5.02 Å². The predicted octanol–water partition coefficient (Wildman–Crippen LogP) is 5.78. The Labute approximate surface area is 179 Å². The number of aromatic nitrogens is 1. The topological polar surface area (TPSA) is 59.1 Å². The molecule has 0 aliphatic rings. The Kier molecular flexibility index (Phi) is 5.45. The van der Waals surface area contributed by atoms with Gasteiger partial charge in [-0.2, -0.15) is 0 Å². The molecule has 152 valence electrons. The summed E-state index contributed by atoms with van der Waals surface area (Å²) in [5.41, 5.74) is 2.94. The highest BCUT2D eigenvalue weighted by molar-refractivity contribution is 7.91. The monoisotopic (exact) mass is 440 g/mol. The molecule has 30 heavy (non-hydrogen) atoms. The summed E-state index contributed by atoms with van der Waals surface area (Å²) in [6, 6.07) is 17.8. The van der Waals surface area contributed by atoms with Crippen LogP contribution in [0.4, 0.5) is 10.1 Å². The summed E-state index contributed by atoms with van der Waals surface area (Å²) in [5.74, 6) is -0.324. The van der Waals surface area contributed by atoms with Gasteiger partial charge in [0.1, 0.15) is 10.7 Å². The largest absolute Gasteiger partial charge is 0.379 e. The molecule has 0 fully saturated rings. The van der Waals surface area contributed by atoms with E-state index in [1.165, 1.54) is 30.5 Å². The molecule has 0 amide bonds. The number of halogens is 2. The summed E-state index contributed by atoms with van der Waals surface area (Å²) in [6.45, 7) is 2.26. The molecule has 0 unspecified atom stereocenters. The molecule has 7 heteroatoms. The van der Waals surface area contributed by atoms with Gasteiger partial charge in [-0.25, -0.2) is 12.8 Å². The number of hydrogen-bond acceptors (Lipinski definition) is 4. The lowest BCUT2D eigenvalue weighted by molar-refractivity contribution is 0.596. The average Bonchev–Trinajstić information content (AvgIpc) is 2.73. The number of fused-ring (bicyclic) bond motifs is 1. The van der Waals surface area contributed by atoms with Crippen LogP contribution in [0.3, 0.4) is 0 Å². The molecule has 1 N–H and O–H groups in total. The van der Waals surface area contributed by atoms with E-state index in [0.717, 1.165) is 11.1 Å². The van der Waals surface area contributed by atoms with Crippen molar-refractivity contribution in [1.82, 2.24) is 4.98 Å². The number of nitrogens with one attached hydrogen (secondary N) is 1. The van der Waals surface area contributed by atoms with E-state index in [2.05, 4.69) is 10.3 Å². The lowest BCUT2D eigenvalue weighted by Crippen LogP contribution is -2.09. The SMILES string of the molecule is Cc1ccc2ncc(S(=O)(=O)c3ccc(Cl)cc3)c(NCc3ccc(F)cc3)c2c1. The first-order valence-corrected chi connectivity index (χ1v) is 11.1. The summed E-state index contributed by atoms with van der Waals surface area (Å²) in [6.07, 6.45) is 1.37. The molecule has 0 radical (unpaired) electrons. The second-order valence-electron chi connectivity index (χ2n) is 6.96. The molecule has 0 atom stereocenters. The highest BCUT2D eigenvalue weighted by Gasteiger charge is 2.24. The van der Waals surface area contributed by atoms with E-state index in [1.54, 1.807) is 24.3 Å². The maximum atomic E-state index is 13.4. The third kappa shape index (κ3) is 4.01. The molecule has 4 nitrogen and oxygen atoms in total. The minimum atomic E-state index is -3.85. The van der Waals surface area contributed by atoms with Crippen molar-refractivity contribution in [2.45, 2.75) is 23.3 Å². The number of sulfone groups is 1. The Morgan fingerprint density at radius 1 is 1.00 bits per heavy atom. The van der Waals surface area contributed by atoms with E-state index < -0.39 is 9.84 Å². The molecular weight excluding hydrogens is 423 g/mol. The molecule has 4 rings (SSSR count). The predicted molar refractivity (Wildman–Crippen MR) is 117 cm³/mol. The third-order valence-corrected chi connectivity index (χ3v) is 6.82. The van der Waals surface area contributed by atoms with E-state index in [9.17, 15) is 12.8 Å². The fourth-order valence-electron chi connectivity index (χ4n) is 3.21. The maximum Gasteiger partial charge on any atom is 0.210 e. The van der Waals surface area contributed by atoms with Gasteiger partial charge in [0, 0.05) is 23.2 Å². The number of hydrogen-bond donors (Lipinski definition) is 1. The Bertz CT molecular complexity index is 1320. The molecule has 0 saturated carbocycles. The van der Waals surface area contributed by atoms with Gasteiger partial charge in [0.25, 0.3) is 0 Å². The lowest BCUT2D eigenvalue weighted by Gasteiger charge is -2.16. The van der Waals surface area contributed by atoms with Crippen molar-refractivity contribution in [1.29, 1.82) is 0 Å². The van der Waals surface area contributed by atoms with Crippen molar-refractivity contribution in [2.75, 3.05) is 5.32 Å². The molecule has 0 aliphatic carbocycles. The van der Waals surface area contributed by atoms with Crippen LogP contribution in [0.1, 0.15) is 11.1 Å². The van der Waals surface area contributed by atoms with Crippen molar-refractivity contribution < 1.29 is 12.8 Å². The third-order valence-electron chi connectivity index (χ3n) is 4.78. The number of pyridine rings is 1. The Morgan fingerprint density at radius 2 is 1.70 bits per heavy atom. The summed E-state index contributed by atoms with van der Waals surface area (Å²) < 4.78 is 40.0. The van der Waals surface area contributed by atoms with Crippen LogP contribution in [0, 0.1) is 12.7 Å². The average molecular weight is 441 g/mol. The van der Waals surface area contributed by atoms with Gasteiger partial charge < -0.3 is 5.32 Å². The Balaban J connectivity index is 1.85. The van der Waals surface area contributed by atoms with Gasteiger partial charge in [-0.15, -0.1) is 0 Å². The highest BCUT2D eigenvalue weighted by atomic mass is 35.5. The van der Waals surface area contributed by atoms with Crippen molar-refractivity contribution in [3.05, 3.63) is 94.9 Å². The van der Waals surface area contributed by atoms with Gasteiger partial charge in [0.2, 0.25) is 9.84 Å². The Hall–Kier alpha value is -2.96. The smallest absolute Gasteiger partial charge is 0.210 e. The van der Waals surface area contributed by atoms with E-state index in [4.69, 9.17) is 11.6 Å². The van der Waals surface area contributed by atoms with Crippen LogP contribution in [-0.4, -0.2) is 13.4 Å². The molecule has 1 heterocycles. The van der Waals surface area contributed by atoms with Gasteiger partial charge in [-0.05, 0) is 61.0 Å². The second-order valence-corrected chi connectivity index (χ2v) is 9.31. The molecule has 1 aromatic heterocycles. The van der Waals surface area contributed by atoms with E-state index in [-0.39, 0.29) is 15.6 Å². The zero-order valence-electron chi connectivity index (χ0n) is 16.1. The van der Waals surface area contributed by atoms with Gasteiger partial charge in [-0.3, -0.25) is 4.98 Å². The van der Waals surface area contributed by atoms with Crippen LogP contribution in [0.15, 0.2) is 82.7 Å². The minimum Gasteiger partial charge on any atom is -0.379 e. The number of anilines is 1. The van der Waals surface area contributed by atoms with E-state index >= 15 is 0 Å². The second kappa shape index (κ2) is 8.05. The summed E-state index contributed by atoms with van der Waals surface area (Å²) in [7, 11) is -3.85. The Morgan fingerprint density at radius 3 is 2.40 bits per heavy atom. The molecule has 4 aromatic rings. The first-order chi connectivity index (χ1) is 14.3. The van der Waals surface area contributed by atoms with Gasteiger partial charge in [-0.1, -0.05) is 35.4 Å². The standard InChI is InChI=1S/C23H18ClFN2O2S/c1-15-2-11-21-20(12-15)23(27-13-16-3-7-18(25)8-4-16)22(14-26-21)30(28,29)19-9-5-17(24)6-10-19/h2-12,14H,13H2,1H3,(H,26,27). The van der Waals surface area contributed by atoms with Crippen LogP contribution in [-0.2, 0) is 16.4 Å². The minimum absolute atomic E-state index is 0.0741. The number of aryl methyl sites for hydroxylation is 1. The van der Waals surface area contributed by atoms with Crippen LogP contribution in [0.25, 0.3) is 10.9 Å². The fourth-order valence-corrected chi connectivity index (χ4v) is 4.72. The first kappa shape index (κ1) is 20.3. The molecular formula is C23H18ClFN2O2S. The molecule has 0 bridgehead atoms. The van der Waals surface area contributed by atoms with Gasteiger partial charge >= 0.3 is 0 Å². The van der Waals surface area contributed by atoms with Gasteiger partial charge in [0.05, 0.1) is 16.1 Å². The summed E-state index contributed by atoms with van der Waals surface area (Å²) >= 11 is 5.92. The number of nitrogens with zero attached hydrogens (tertiary/aromatic N) is 1. The summed E-state index contributed by atoms with van der Waals surface area (Å²) in [4.78, 5) is 4.57. The maximum absolute atomic E-state index is 13.4. The van der Waals surface area contributed by atoms with Crippen molar-refractivity contribution in [3.8, 4) is 0 Å². The molecule has 0 saturated heterocycles. The quantitative estimate of drug-likeness (QED) is 0.427. The zero-order chi connectivity index (χ0) is 21.3. The van der Waals surface area contributed by atoms with E-state index in [0.29, 0.717) is 28.2 Å². The molecule has 0 aliphatic heterocycles.